The van der Waals surface area contributed by atoms with Gasteiger partial charge >= 0.3 is 5.97 Å². The van der Waals surface area contributed by atoms with Gasteiger partial charge in [-0.3, -0.25) is 4.79 Å². The SMILES string of the molecule is O=C(O)C(O)C(Cc1ccccc1)C(=O)c1ccc(Cl)c(Cl)c1. The zero-order valence-electron chi connectivity index (χ0n) is 11.9. The van der Waals surface area contributed by atoms with E-state index in [4.69, 9.17) is 28.3 Å². The summed E-state index contributed by atoms with van der Waals surface area (Å²) in [4.78, 5) is 23.8. The number of aliphatic carboxylic acids is 1. The van der Waals surface area contributed by atoms with Gasteiger partial charge in [-0.25, -0.2) is 4.79 Å². The van der Waals surface area contributed by atoms with Gasteiger partial charge in [0.1, 0.15) is 0 Å². The van der Waals surface area contributed by atoms with E-state index in [9.17, 15) is 14.7 Å². The molecule has 2 rings (SSSR count). The van der Waals surface area contributed by atoms with E-state index in [2.05, 4.69) is 0 Å². The third-order valence-electron chi connectivity index (χ3n) is 3.47. The predicted molar refractivity (Wildman–Crippen MR) is 88.1 cm³/mol. The summed E-state index contributed by atoms with van der Waals surface area (Å²) in [5.74, 6) is -3.06. The van der Waals surface area contributed by atoms with Crippen molar-refractivity contribution in [2.45, 2.75) is 12.5 Å². The minimum atomic E-state index is -1.81. The van der Waals surface area contributed by atoms with Gasteiger partial charge in [0.05, 0.1) is 16.0 Å². The molecule has 0 aliphatic carbocycles. The van der Waals surface area contributed by atoms with Crippen molar-refractivity contribution in [1.29, 1.82) is 0 Å². The molecular weight excluding hydrogens is 339 g/mol. The van der Waals surface area contributed by atoms with Crippen molar-refractivity contribution in [3.05, 3.63) is 69.7 Å². The van der Waals surface area contributed by atoms with Crippen molar-refractivity contribution in [2.75, 3.05) is 0 Å². The fourth-order valence-corrected chi connectivity index (χ4v) is 2.55. The average molecular weight is 353 g/mol. The van der Waals surface area contributed by atoms with E-state index in [1.165, 1.54) is 18.2 Å². The Morgan fingerprint density at radius 1 is 1.00 bits per heavy atom. The number of hydrogen-bond acceptors (Lipinski definition) is 3. The molecule has 120 valence electrons. The van der Waals surface area contributed by atoms with Crippen LogP contribution in [0, 0.1) is 5.92 Å². The number of rotatable bonds is 6. The predicted octanol–water partition coefficient (Wildman–Crippen LogP) is 3.48. The molecule has 4 nitrogen and oxygen atoms in total. The molecule has 2 N–H and O–H groups in total. The number of benzene rings is 2. The van der Waals surface area contributed by atoms with Crippen LogP contribution in [-0.2, 0) is 11.2 Å². The first kappa shape index (κ1) is 17.5. The second-order valence-corrected chi connectivity index (χ2v) is 5.89. The molecule has 0 saturated heterocycles. The van der Waals surface area contributed by atoms with Gasteiger partial charge in [0.2, 0.25) is 0 Å². The summed E-state index contributed by atoms with van der Waals surface area (Å²) in [5, 5.41) is 19.5. The maximum atomic E-state index is 12.6. The third kappa shape index (κ3) is 4.32. The lowest BCUT2D eigenvalue weighted by atomic mass is 9.87. The molecule has 6 heteroatoms. The summed E-state index contributed by atoms with van der Waals surface area (Å²) in [6.45, 7) is 0. The molecule has 0 heterocycles. The minimum absolute atomic E-state index is 0.105. The molecule has 0 aromatic heterocycles. The van der Waals surface area contributed by atoms with E-state index in [1.807, 2.05) is 6.07 Å². The largest absolute Gasteiger partial charge is 0.479 e. The molecule has 0 spiro atoms. The maximum absolute atomic E-state index is 12.6. The zero-order valence-corrected chi connectivity index (χ0v) is 13.5. The molecule has 2 unspecified atom stereocenters. The Hall–Kier alpha value is -1.88. The third-order valence-corrected chi connectivity index (χ3v) is 4.21. The van der Waals surface area contributed by atoms with Gasteiger partial charge < -0.3 is 10.2 Å². The molecule has 0 aliphatic heterocycles. The zero-order chi connectivity index (χ0) is 17.0. The summed E-state index contributed by atoms with van der Waals surface area (Å²) in [6, 6.07) is 13.2. The number of Topliss-reactive ketones (excluding diaryl/α,β-unsaturated/α-hetero) is 1. The Labute approximate surface area is 143 Å². The van der Waals surface area contributed by atoms with Crippen molar-refractivity contribution >= 4 is 35.0 Å². The summed E-state index contributed by atoms with van der Waals surface area (Å²) >= 11 is 11.7. The number of ketones is 1. The smallest absolute Gasteiger partial charge is 0.333 e. The highest BCUT2D eigenvalue weighted by Crippen LogP contribution is 2.26. The Balaban J connectivity index is 2.34. The number of hydrogen-bond donors (Lipinski definition) is 2. The Kier molecular flexibility index (Phi) is 5.77. The second kappa shape index (κ2) is 7.59. The van der Waals surface area contributed by atoms with Crippen LogP contribution in [0.25, 0.3) is 0 Å². The summed E-state index contributed by atoms with van der Waals surface area (Å²) in [6.07, 6.45) is -1.70. The average Bonchev–Trinajstić information content (AvgIpc) is 2.54. The quantitative estimate of drug-likeness (QED) is 0.780. The van der Waals surface area contributed by atoms with Crippen LogP contribution in [0.15, 0.2) is 48.5 Å². The maximum Gasteiger partial charge on any atom is 0.333 e. The van der Waals surface area contributed by atoms with E-state index in [-0.39, 0.29) is 17.0 Å². The fourth-order valence-electron chi connectivity index (χ4n) is 2.25. The van der Waals surface area contributed by atoms with Crippen molar-refractivity contribution < 1.29 is 19.8 Å². The van der Waals surface area contributed by atoms with Crippen LogP contribution in [0.4, 0.5) is 0 Å². The van der Waals surface area contributed by atoms with Gasteiger partial charge in [0, 0.05) is 5.56 Å². The van der Waals surface area contributed by atoms with E-state index >= 15 is 0 Å². The normalized spacial score (nSPS) is 13.3. The number of carbonyl (C=O) groups excluding carboxylic acids is 1. The molecule has 23 heavy (non-hydrogen) atoms. The van der Waals surface area contributed by atoms with Crippen LogP contribution in [0.1, 0.15) is 15.9 Å². The van der Waals surface area contributed by atoms with Crippen LogP contribution in [0.5, 0.6) is 0 Å². The Morgan fingerprint density at radius 2 is 1.65 bits per heavy atom. The second-order valence-electron chi connectivity index (χ2n) is 5.07. The minimum Gasteiger partial charge on any atom is -0.479 e. The number of halogens is 2. The highest BCUT2D eigenvalue weighted by molar-refractivity contribution is 6.42. The van der Waals surface area contributed by atoms with Gasteiger partial charge in [-0.05, 0) is 30.2 Å². The summed E-state index contributed by atoms with van der Waals surface area (Å²) in [5.41, 5.74) is 0.965. The number of aliphatic hydroxyl groups excluding tert-OH is 1. The molecule has 0 saturated carbocycles. The van der Waals surface area contributed by atoms with E-state index in [1.54, 1.807) is 24.3 Å². The van der Waals surface area contributed by atoms with Gasteiger partial charge in [-0.2, -0.15) is 0 Å². The first-order valence-corrected chi connectivity index (χ1v) is 7.60. The molecule has 2 aromatic carbocycles. The number of carboxylic acids is 1. The Morgan fingerprint density at radius 3 is 2.22 bits per heavy atom. The number of carboxylic acid groups (broad SMARTS) is 1. The fraction of sp³-hybridized carbons (Fsp3) is 0.176. The molecule has 0 bridgehead atoms. The highest BCUT2D eigenvalue weighted by Gasteiger charge is 2.33. The molecule has 0 aliphatic rings. The van der Waals surface area contributed by atoms with Crippen LogP contribution < -0.4 is 0 Å². The van der Waals surface area contributed by atoms with Crippen LogP contribution in [-0.4, -0.2) is 28.1 Å². The summed E-state index contributed by atoms with van der Waals surface area (Å²) in [7, 11) is 0. The highest BCUT2D eigenvalue weighted by atomic mass is 35.5. The van der Waals surface area contributed by atoms with E-state index in [0.717, 1.165) is 5.56 Å². The van der Waals surface area contributed by atoms with Crippen LogP contribution in [0.2, 0.25) is 10.0 Å². The van der Waals surface area contributed by atoms with Crippen molar-refractivity contribution in [2.24, 2.45) is 5.92 Å². The van der Waals surface area contributed by atoms with E-state index < -0.39 is 23.8 Å². The lowest BCUT2D eigenvalue weighted by Gasteiger charge is -2.19. The van der Waals surface area contributed by atoms with Gasteiger partial charge in [-0.1, -0.05) is 53.5 Å². The van der Waals surface area contributed by atoms with Crippen molar-refractivity contribution in [3.8, 4) is 0 Å². The number of carbonyl (C=O) groups is 2. The molecule has 2 atom stereocenters. The molecule has 0 amide bonds. The van der Waals surface area contributed by atoms with Crippen LogP contribution >= 0.6 is 23.2 Å². The van der Waals surface area contributed by atoms with Gasteiger partial charge in [0.15, 0.2) is 11.9 Å². The van der Waals surface area contributed by atoms with E-state index in [0.29, 0.717) is 5.02 Å². The molecule has 0 radical (unpaired) electrons. The number of aliphatic hydroxyl groups is 1. The van der Waals surface area contributed by atoms with Gasteiger partial charge in [-0.15, -0.1) is 0 Å². The lowest BCUT2D eigenvalue weighted by molar-refractivity contribution is -0.148. The first-order chi connectivity index (χ1) is 10.9. The molecular formula is C17H14Cl2O4. The van der Waals surface area contributed by atoms with Gasteiger partial charge in [0.25, 0.3) is 0 Å². The standard InChI is InChI=1S/C17H14Cl2O4/c18-13-7-6-11(9-14(13)19)15(20)12(16(21)17(22)23)8-10-4-2-1-3-5-10/h1-7,9,12,16,21H,8H2,(H,22,23). The van der Waals surface area contributed by atoms with Crippen LogP contribution in [0.3, 0.4) is 0 Å². The summed E-state index contributed by atoms with van der Waals surface area (Å²) < 4.78 is 0. The molecule has 0 fully saturated rings. The first-order valence-electron chi connectivity index (χ1n) is 6.84. The van der Waals surface area contributed by atoms with Crippen molar-refractivity contribution in [1.82, 2.24) is 0 Å². The Bertz CT molecular complexity index is 716. The monoisotopic (exact) mass is 352 g/mol. The lowest BCUT2D eigenvalue weighted by Crippen LogP contribution is -2.36. The molecule has 2 aromatic rings. The van der Waals surface area contributed by atoms with Crippen molar-refractivity contribution in [3.63, 3.8) is 0 Å². The topological polar surface area (TPSA) is 74.6 Å².